The Balaban J connectivity index is 1.97. The van der Waals surface area contributed by atoms with Gasteiger partial charge in [0, 0.05) is 7.14 Å². The number of benzene rings is 2. The SMILES string of the molecule is Ic1ccc(NNc2ccc(I)cc2)cc1. The quantitative estimate of drug-likeness (QED) is 0.553. The summed E-state index contributed by atoms with van der Waals surface area (Å²) >= 11 is 4.58. The topological polar surface area (TPSA) is 24.1 Å². The molecule has 16 heavy (non-hydrogen) atoms. The van der Waals surface area contributed by atoms with Gasteiger partial charge in [-0.15, -0.1) is 0 Å². The average Bonchev–Trinajstić information content (AvgIpc) is 2.30. The summed E-state index contributed by atoms with van der Waals surface area (Å²) in [7, 11) is 0. The number of nitrogens with one attached hydrogen (secondary N) is 2. The van der Waals surface area contributed by atoms with Gasteiger partial charge < -0.3 is 10.9 Å². The molecule has 82 valence electrons. The highest BCUT2D eigenvalue weighted by Crippen LogP contribution is 2.14. The Morgan fingerprint density at radius 1 is 0.562 bits per heavy atom. The summed E-state index contributed by atoms with van der Waals surface area (Å²) in [5.41, 5.74) is 8.41. The van der Waals surface area contributed by atoms with E-state index in [2.05, 4.69) is 80.3 Å². The van der Waals surface area contributed by atoms with Gasteiger partial charge >= 0.3 is 0 Å². The fourth-order valence-electron chi connectivity index (χ4n) is 1.21. The summed E-state index contributed by atoms with van der Waals surface area (Å²) < 4.78 is 2.47. The molecule has 0 saturated carbocycles. The summed E-state index contributed by atoms with van der Waals surface area (Å²) in [6.07, 6.45) is 0. The van der Waals surface area contributed by atoms with Gasteiger partial charge in [0.05, 0.1) is 11.4 Å². The zero-order valence-electron chi connectivity index (χ0n) is 8.37. The Kier molecular flexibility index (Phi) is 4.28. The number of hydrogen-bond acceptors (Lipinski definition) is 2. The maximum atomic E-state index is 3.15. The highest BCUT2D eigenvalue weighted by atomic mass is 127. The third kappa shape index (κ3) is 3.51. The van der Waals surface area contributed by atoms with Gasteiger partial charge in [-0.2, -0.15) is 0 Å². The van der Waals surface area contributed by atoms with Crippen molar-refractivity contribution < 1.29 is 0 Å². The van der Waals surface area contributed by atoms with E-state index in [1.54, 1.807) is 0 Å². The first kappa shape index (κ1) is 12.0. The second-order valence-corrected chi connectivity index (χ2v) is 5.76. The summed E-state index contributed by atoms with van der Waals surface area (Å²) in [6.45, 7) is 0. The molecule has 2 N–H and O–H groups in total. The van der Waals surface area contributed by atoms with Crippen molar-refractivity contribution in [3.63, 3.8) is 0 Å². The van der Waals surface area contributed by atoms with Crippen LogP contribution in [0.2, 0.25) is 0 Å². The van der Waals surface area contributed by atoms with E-state index < -0.39 is 0 Å². The van der Waals surface area contributed by atoms with Crippen LogP contribution < -0.4 is 10.9 Å². The molecule has 2 aromatic rings. The minimum atomic E-state index is 1.05. The molecule has 0 bridgehead atoms. The van der Waals surface area contributed by atoms with Gasteiger partial charge in [0.25, 0.3) is 0 Å². The Bertz CT molecular complexity index is 406. The van der Waals surface area contributed by atoms with E-state index in [0.717, 1.165) is 11.4 Å². The van der Waals surface area contributed by atoms with Crippen LogP contribution in [0, 0.1) is 7.14 Å². The van der Waals surface area contributed by atoms with Gasteiger partial charge in [0.15, 0.2) is 0 Å². The van der Waals surface area contributed by atoms with E-state index in [1.165, 1.54) is 7.14 Å². The summed E-state index contributed by atoms with van der Waals surface area (Å²) in [5.74, 6) is 0. The van der Waals surface area contributed by atoms with E-state index in [0.29, 0.717) is 0 Å². The summed E-state index contributed by atoms with van der Waals surface area (Å²) in [6, 6.07) is 16.4. The molecule has 2 nitrogen and oxygen atoms in total. The molecule has 0 radical (unpaired) electrons. The van der Waals surface area contributed by atoms with Gasteiger partial charge in [-0.25, -0.2) is 0 Å². The van der Waals surface area contributed by atoms with Gasteiger partial charge in [0.2, 0.25) is 0 Å². The Morgan fingerprint density at radius 3 is 1.19 bits per heavy atom. The first-order valence-corrected chi connectivity index (χ1v) is 6.93. The minimum absolute atomic E-state index is 1.05. The van der Waals surface area contributed by atoms with Gasteiger partial charge in [0.1, 0.15) is 0 Å². The zero-order valence-corrected chi connectivity index (χ0v) is 12.7. The molecule has 0 amide bonds. The van der Waals surface area contributed by atoms with Crippen molar-refractivity contribution >= 4 is 56.6 Å². The van der Waals surface area contributed by atoms with Crippen LogP contribution in [0.1, 0.15) is 0 Å². The molecule has 2 aromatic carbocycles. The monoisotopic (exact) mass is 436 g/mol. The average molecular weight is 436 g/mol. The van der Waals surface area contributed by atoms with Crippen molar-refractivity contribution in [3.05, 3.63) is 55.7 Å². The molecule has 0 spiro atoms. The lowest BCUT2D eigenvalue weighted by Crippen LogP contribution is -2.08. The van der Waals surface area contributed by atoms with Crippen LogP contribution >= 0.6 is 45.2 Å². The highest BCUT2D eigenvalue weighted by Gasteiger charge is 1.93. The van der Waals surface area contributed by atoms with Crippen LogP contribution in [-0.2, 0) is 0 Å². The van der Waals surface area contributed by atoms with Crippen LogP contribution in [-0.4, -0.2) is 0 Å². The standard InChI is InChI=1S/C12H10I2N2/c13-9-1-5-11(6-2-9)15-16-12-7-3-10(14)4-8-12/h1-8,15-16H. The fraction of sp³-hybridized carbons (Fsp3) is 0. The van der Waals surface area contributed by atoms with Gasteiger partial charge in [-0.05, 0) is 93.7 Å². The molecule has 0 aromatic heterocycles. The van der Waals surface area contributed by atoms with Crippen molar-refractivity contribution in [1.29, 1.82) is 0 Å². The third-order valence-corrected chi connectivity index (χ3v) is 3.48. The first-order chi connectivity index (χ1) is 7.74. The largest absolute Gasteiger partial charge is 0.301 e. The van der Waals surface area contributed by atoms with E-state index in [1.807, 2.05) is 24.3 Å². The number of hydrazine groups is 1. The number of halogens is 2. The maximum absolute atomic E-state index is 3.15. The molecule has 0 aliphatic rings. The van der Waals surface area contributed by atoms with Crippen LogP contribution in [0.25, 0.3) is 0 Å². The molecule has 0 aliphatic carbocycles. The molecular formula is C12H10I2N2. The summed E-state index contributed by atoms with van der Waals surface area (Å²) in [5, 5.41) is 0. The normalized spacial score (nSPS) is 9.88. The van der Waals surface area contributed by atoms with Gasteiger partial charge in [-0.3, -0.25) is 0 Å². The predicted octanol–water partition coefficient (Wildman–Crippen LogP) is 4.33. The van der Waals surface area contributed by atoms with Crippen molar-refractivity contribution in [2.45, 2.75) is 0 Å². The Morgan fingerprint density at radius 2 is 0.875 bits per heavy atom. The predicted molar refractivity (Wildman–Crippen MR) is 85.6 cm³/mol. The molecule has 0 unspecified atom stereocenters. The minimum Gasteiger partial charge on any atom is -0.301 e. The highest BCUT2D eigenvalue weighted by molar-refractivity contribution is 14.1. The molecule has 0 atom stereocenters. The molecule has 0 aliphatic heterocycles. The lowest BCUT2D eigenvalue weighted by atomic mass is 10.3. The van der Waals surface area contributed by atoms with Crippen LogP contribution in [0.4, 0.5) is 11.4 Å². The molecule has 2 rings (SSSR count). The van der Waals surface area contributed by atoms with Crippen LogP contribution in [0.5, 0.6) is 0 Å². The van der Waals surface area contributed by atoms with Crippen molar-refractivity contribution in [3.8, 4) is 0 Å². The fourth-order valence-corrected chi connectivity index (χ4v) is 1.93. The molecule has 0 heterocycles. The second kappa shape index (κ2) is 5.72. The van der Waals surface area contributed by atoms with E-state index >= 15 is 0 Å². The second-order valence-electron chi connectivity index (χ2n) is 3.26. The molecular weight excluding hydrogens is 426 g/mol. The van der Waals surface area contributed by atoms with E-state index in [-0.39, 0.29) is 0 Å². The van der Waals surface area contributed by atoms with Crippen molar-refractivity contribution in [2.24, 2.45) is 0 Å². The van der Waals surface area contributed by atoms with Crippen molar-refractivity contribution in [2.75, 3.05) is 10.9 Å². The smallest absolute Gasteiger partial charge is 0.0540 e. The number of rotatable bonds is 3. The zero-order chi connectivity index (χ0) is 11.4. The summed E-state index contributed by atoms with van der Waals surface area (Å²) in [4.78, 5) is 0. The maximum Gasteiger partial charge on any atom is 0.0540 e. The molecule has 0 saturated heterocycles. The van der Waals surface area contributed by atoms with Crippen LogP contribution in [0.15, 0.2) is 48.5 Å². The number of anilines is 2. The third-order valence-electron chi connectivity index (χ3n) is 2.04. The Labute approximate surface area is 122 Å². The Hall–Kier alpha value is -0.500. The van der Waals surface area contributed by atoms with E-state index in [4.69, 9.17) is 0 Å². The number of hydrogen-bond donors (Lipinski definition) is 2. The van der Waals surface area contributed by atoms with Crippen LogP contribution in [0.3, 0.4) is 0 Å². The first-order valence-electron chi connectivity index (χ1n) is 4.77. The van der Waals surface area contributed by atoms with Gasteiger partial charge in [-0.1, -0.05) is 0 Å². The van der Waals surface area contributed by atoms with Crippen molar-refractivity contribution in [1.82, 2.24) is 0 Å². The molecule has 0 fully saturated rings. The van der Waals surface area contributed by atoms with E-state index in [9.17, 15) is 0 Å². The molecule has 4 heteroatoms. The lowest BCUT2D eigenvalue weighted by molar-refractivity contribution is 1.40. The lowest BCUT2D eigenvalue weighted by Gasteiger charge is -2.09.